The summed E-state index contributed by atoms with van der Waals surface area (Å²) < 4.78 is 0. The van der Waals surface area contributed by atoms with Crippen LogP contribution in [0.15, 0.2) is 23.8 Å². The van der Waals surface area contributed by atoms with Crippen molar-refractivity contribution in [3.63, 3.8) is 0 Å². The minimum Gasteiger partial charge on any atom is -0.0852 e. The van der Waals surface area contributed by atoms with Crippen molar-refractivity contribution in [1.29, 1.82) is 0 Å². The Balaban J connectivity index is 1.54. The Morgan fingerprint density at radius 2 is 1.63 bits per heavy atom. The molecule has 0 bridgehead atoms. The molecule has 0 spiro atoms. The van der Waals surface area contributed by atoms with Crippen molar-refractivity contribution in [2.45, 2.75) is 92.9 Å². The summed E-state index contributed by atoms with van der Waals surface area (Å²) in [6.45, 7) is 14.9. The van der Waals surface area contributed by atoms with Gasteiger partial charge >= 0.3 is 0 Å². The Bertz CT molecular complexity index is 610. The van der Waals surface area contributed by atoms with E-state index in [2.05, 4.69) is 59.8 Å². The molecule has 0 aromatic heterocycles. The van der Waals surface area contributed by atoms with Crippen molar-refractivity contribution in [3.8, 4) is 0 Å². The second kappa shape index (κ2) is 7.07. The van der Waals surface area contributed by atoms with Crippen molar-refractivity contribution in [2.75, 3.05) is 0 Å². The van der Waals surface area contributed by atoms with Crippen LogP contribution in [-0.4, -0.2) is 0 Å². The average Bonchev–Trinajstić information content (AvgIpc) is 3.18. The molecule has 0 radical (unpaired) electrons. The highest BCUT2D eigenvalue weighted by Gasteiger charge is 2.57. The van der Waals surface area contributed by atoms with Crippen LogP contribution < -0.4 is 0 Å². The summed E-state index contributed by atoms with van der Waals surface area (Å²) in [5, 5.41) is 0. The van der Waals surface area contributed by atoms with Gasteiger partial charge in [0.2, 0.25) is 0 Å². The van der Waals surface area contributed by atoms with E-state index in [1.54, 1.807) is 0 Å². The fourth-order valence-corrected chi connectivity index (χ4v) is 7.99. The molecule has 27 heavy (non-hydrogen) atoms. The Hall–Kier alpha value is -0.520. The van der Waals surface area contributed by atoms with E-state index in [1.807, 2.05) is 5.57 Å². The van der Waals surface area contributed by atoms with Gasteiger partial charge in [-0.05, 0) is 97.2 Å². The molecule has 4 aliphatic carbocycles. The molecule has 0 N–H and O–H groups in total. The minimum absolute atomic E-state index is 0.551. The number of allylic oxidation sites excluding steroid dienone is 4. The Kier molecular flexibility index (Phi) is 5.18. The topological polar surface area (TPSA) is 0 Å². The van der Waals surface area contributed by atoms with Crippen LogP contribution in [0.3, 0.4) is 0 Å². The molecule has 0 amide bonds. The molecule has 8 atom stereocenters. The van der Waals surface area contributed by atoms with Gasteiger partial charge in [0.25, 0.3) is 0 Å². The molecular weight excluding hydrogens is 324 g/mol. The lowest BCUT2D eigenvalue weighted by Gasteiger charge is -2.54. The summed E-state index contributed by atoms with van der Waals surface area (Å²) in [7, 11) is 0. The third-order valence-corrected chi connectivity index (χ3v) is 10.2. The standard InChI is InChI=1S/C27H44/c1-18(2)19(3)9-10-20(4)23-13-14-24-22-12-11-21-8-7-16-26(21,5)25(22)15-17-27(23,24)6/h9-10,12,18-21,23-25H,7-8,11,13-17H2,1-6H3/b10-9+/t19-,20+,21-,23-,24+,25+,26+,27+/m0/s1. The summed E-state index contributed by atoms with van der Waals surface area (Å²) in [5.41, 5.74) is 3.12. The molecular formula is C27H44. The maximum atomic E-state index is 2.76. The van der Waals surface area contributed by atoms with E-state index in [0.29, 0.717) is 16.7 Å². The first kappa shape index (κ1) is 19.8. The zero-order valence-electron chi connectivity index (χ0n) is 18.9. The van der Waals surface area contributed by atoms with Crippen LogP contribution in [-0.2, 0) is 0 Å². The summed E-state index contributed by atoms with van der Waals surface area (Å²) in [6, 6.07) is 0. The highest BCUT2D eigenvalue weighted by molar-refractivity contribution is 5.28. The highest BCUT2D eigenvalue weighted by atomic mass is 14.6. The van der Waals surface area contributed by atoms with Crippen molar-refractivity contribution >= 4 is 0 Å². The van der Waals surface area contributed by atoms with Crippen molar-refractivity contribution in [3.05, 3.63) is 23.8 Å². The van der Waals surface area contributed by atoms with Crippen LogP contribution in [0.25, 0.3) is 0 Å². The molecule has 0 unspecified atom stereocenters. The molecule has 0 aromatic rings. The predicted octanol–water partition coefficient (Wildman–Crippen LogP) is 8.05. The molecule has 0 aliphatic heterocycles. The van der Waals surface area contributed by atoms with Crippen molar-refractivity contribution in [2.24, 2.45) is 52.3 Å². The van der Waals surface area contributed by atoms with E-state index in [0.717, 1.165) is 35.5 Å². The van der Waals surface area contributed by atoms with Gasteiger partial charge in [-0.2, -0.15) is 0 Å². The largest absolute Gasteiger partial charge is 0.0852 e. The molecule has 152 valence electrons. The molecule has 4 rings (SSSR count). The molecule has 4 aliphatic rings. The summed E-state index contributed by atoms with van der Waals surface area (Å²) in [6.07, 6.45) is 19.6. The zero-order valence-corrected chi connectivity index (χ0v) is 18.9. The number of fused-ring (bicyclic) bond motifs is 5. The molecule has 0 heteroatoms. The van der Waals surface area contributed by atoms with Crippen LogP contribution in [0, 0.1) is 52.3 Å². The zero-order chi connectivity index (χ0) is 19.4. The lowest BCUT2D eigenvalue weighted by molar-refractivity contribution is 0.0314. The van der Waals surface area contributed by atoms with Gasteiger partial charge in [0, 0.05) is 0 Å². The normalized spacial score (nSPS) is 46.1. The van der Waals surface area contributed by atoms with E-state index < -0.39 is 0 Å². The Morgan fingerprint density at radius 1 is 0.889 bits per heavy atom. The third kappa shape index (κ3) is 3.08. The van der Waals surface area contributed by atoms with Gasteiger partial charge in [-0.25, -0.2) is 0 Å². The van der Waals surface area contributed by atoms with Crippen LogP contribution in [0.2, 0.25) is 0 Å². The molecule has 0 nitrogen and oxygen atoms in total. The van der Waals surface area contributed by atoms with Crippen molar-refractivity contribution in [1.82, 2.24) is 0 Å². The molecule has 0 heterocycles. The second-order valence-corrected chi connectivity index (χ2v) is 11.7. The minimum atomic E-state index is 0.551. The number of hydrogen-bond acceptors (Lipinski definition) is 0. The van der Waals surface area contributed by atoms with E-state index >= 15 is 0 Å². The smallest absolute Gasteiger partial charge is 0.0143 e. The number of hydrogen-bond donors (Lipinski definition) is 0. The van der Waals surface area contributed by atoms with E-state index in [9.17, 15) is 0 Å². The lowest BCUT2D eigenvalue weighted by Crippen LogP contribution is -2.45. The fourth-order valence-electron chi connectivity index (χ4n) is 7.99. The third-order valence-electron chi connectivity index (χ3n) is 10.2. The molecule has 3 saturated carbocycles. The summed E-state index contributed by atoms with van der Waals surface area (Å²) in [5.74, 6) is 5.87. The van der Waals surface area contributed by atoms with Crippen LogP contribution in [0.5, 0.6) is 0 Å². The molecule has 0 aromatic carbocycles. The molecule has 0 saturated heterocycles. The first-order valence-corrected chi connectivity index (χ1v) is 12.2. The van der Waals surface area contributed by atoms with Gasteiger partial charge in [-0.3, -0.25) is 0 Å². The second-order valence-electron chi connectivity index (χ2n) is 11.7. The summed E-state index contributed by atoms with van der Waals surface area (Å²) >= 11 is 0. The van der Waals surface area contributed by atoms with Gasteiger partial charge in [0.05, 0.1) is 0 Å². The van der Waals surface area contributed by atoms with Gasteiger partial charge in [-0.15, -0.1) is 0 Å². The van der Waals surface area contributed by atoms with Gasteiger partial charge in [0.15, 0.2) is 0 Å². The van der Waals surface area contributed by atoms with Gasteiger partial charge in [-0.1, -0.05) is 71.8 Å². The predicted molar refractivity (Wildman–Crippen MR) is 117 cm³/mol. The number of rotatable bonds is 4. The first-order chi connectivity index (χ1) is 12.8. The van der Waals surface area contributed by atoms with E-state index in [-0.39, 0.29) is 0 Å². The molecule has 3 fully saturated rings. The maximum Gasteiger partial charge on any atom is -0.0143 e. The Morgan fingerprint density at radius 3 is 2.37 bits per heavy atom. The lowest BCUT2D eigenvalue weighted by atomic mass is 9.51. The maximum absolute atomic E-state index is 2.76. The van der Waals surface area contributed by atoms with Gasteiger partial charge in [0.1, 0.15) is 0 Å². The van der Waals surface area contributed by atoms with E-state index in [1.165, 1.54) is 51.4 Å². The van der Waals surface area contributed by atoms with Crippen LogP contribution in [0.1, 0.15) is 92.9 Å². The van der Waals surface area contributed by atoms with Crippen LogP contribution >= 0.6 is 0 Å². The van der Waals surface area contributed by atoms with Crippen LogP contribution in [0.4, 0.5) is 0 Å². The van der Waals surface area contributed by atoms with Crippen molar-refractivity contribution < 1.29 is 0 Å². The fraction of sp³-hybridized carbons (Fsp3) is 0.852. The average molecular weight is 369 g/mol. The summed E-state index contributed by atoms with van der Waals surface area (Å²) in [4.78, 5) is 0. The highest BCUT2D eigenvalue weighted by Crippen LogP contribution is 2.67. The SMILES string of the molecule is CC(C)[C@@H](C)/C=C/[C@@H](C)[C@@H]1CC[C@@H]2C3=CC[C@@H]4CCC[C@@]4(C)[C@@H]3CC[C@@]21C. The monoisotopic (exact) mass is 368 g/mol. The Labute approximate surface area is 169 Å². The first-order valence-electron chi connectivity index (χ1n) is 12.2. The quantitative estimate of drug-likeness (QED) is 0.440. The van der Waals surface area contributed by atoms with E-state index in [4.69, 9.17) is 0 Å². The van der Waals surface area contributed by atoms with Gasteiger partial charge < -0.3 is 0 Å².